The van der Waals surface area contributed by atoms with Gasteiger partial charge in [-0.15, -0.1) is 0 Å². The Balaban J connectivity index is 1.60. The van der Waals surface area contributed by atoms with E-state index in [0.29, 0.717) is 31.1 Å². The minimum Gasteiger partial charge on any atom is -0.378 e. The molecular formula is C21H21Br2N7O. The number of nitrogens with zero attached hydrogens (tertiary/aromatic N) is 5. The first-order valence-electron chi connectivity index (χ1n) is 9.74. The summed E-state index contributed by atoms with van der Waals surface area (Å²) < 4.78 is 7.44. The van der Waals surface area contributed by atoms with E-state index in [-0.39, 0.29) is 0 Å². The molecule has 2 aromatic carbocycles. The number of benzene rings is 2. The van der Waals surface area contributed by atoms with Gasteiger partial charge in [0.1, 0.15) is 0 Å². The second-order valence-corrected chi connectivity index (χ2v) is 8.66. The molecule has 0 unspecified atom stereocenters. The monoisotopic (exact) mass is 545 g/mol. The van der Waals surface area contributed by atoms with Crippen molar-refractivity contribution in [2.24, 2.45) is 5.10 Å². The van der Waals surface area contributed by atoms with Crippen LogP contribution in [0.1, 0.15) is 12.5 Å². The number of hydrogen-bond donors (Lipinski definition) is 2. The van der Waals surface area contributed by atoms with Crippen molar-refractivity contribution in [1.29, 1.82) is 0 Å². The van der Waals surface area contributed by atoms with Crippen molar-refractivity contribution in [3.63, 3.8) is 0 Å². The highest BCUT2D eigenvalue weighted by molar-refractivity contribution is 9.10. The highest BCUT2D eigenvalue weighted by atomic mass is 79.9. The summed E-state index contributed by atoms with van der Waals surface area (Å²) in [7, 11) is 0. The van der Waals surface area contributed by atoms with Crippen molar-refractivity contribution in [3.8, 4) is 0 Å². The van der Waals surface area contributed by atoms with Crippen molar-refractivity contribution < 1.29 is 4.74 Å². The topological polar surface area (TPSA) is 87.6 Å². The zero-order chi connectivity index (χ0) is 21.6. The van der Waals surface area contributed by atoms with E-state index < -0.39 is 0 Å². The molecule has 3 aromatic rings. The predicted octanol–water partition coefficient (Wildman–Crippen LogP) is 4.81. The number of aromatic nitrogens is 3. The summed E-state index contributed by atoms with van der Waals surface area (Å²) in [6, 6.07) is 15.8. The van der Waals surface area contributed by atoms with E-state index in [9.17, 15) is 0 Å². The lowest BCUT2D eigenvalue weighted by molar-refractivity contribution is 0.122. The molecular weight excluding hydrogens is 526 g/mol. The molecule has 4 rings (SSSR count). The molecule has 1 aromatic heterocycles. The molecule has 1 aliphatic heterocycles. The highest BCUT2D eigenvalue weighted by Crippen LogP contribution is 2.21. The van der Waals surface area contributed by atoms with Gasteiger partial charge in [-0.05, 0) is 42.8 Å². The maximum absolute atomic E-state index is 5.45. The van der Waals surface area contributed by atoms with Gasteiger partial charge in [0, 0.05) is 27.7 Å². The molecule has 2 N–H and O–H groups in total. The van der Waals surface area contributed by atoms with Gasteiger partial charge in [-0.2, -0.15) is 20.1 Å². The van der Waals surface area contributed by atoms with Crippen LogP contribution >= 0.6 is 31.9 Å². The Morgan fingerprint density at radius 1 is 0.968 bits per heavy atom. The lowest BCUT2D eigenvalue weighted by Crippen LogP contribution is -2.37. The van der Waals surface area contributed by atoms with Gasteiger partial charge < -0.3 is 15.0 Å². The molecule has 0 spiro atoms. The molecule has 8 nitrogen and oxygen atoms in total. The number of nitrogens with one attached hydrogen (secondary N) is 2. The standard InChI is InChI=1S/C21H21Br2N7O/c1-14(15-5-7-16(22)8-6-15)28-29-20-25-19(24-18-4-2-3-17(23)13-18)26-21(27-20)30-9-11-31-12-10-30/h2-8,13H,9-12H2,1H3,(H2,24,25,26,27,29). The lowest BCUT2D eigenvalue weighted by atomic mass is 10.1. The Hall–Kier alpha value is -2.56. The summed E-state index contributed by atoms with van der Waals surface area (Å²) in [4.78, 5) is 15.8. The van der Waals surface area contributed by atoms with Crippen LogP contribution in [0.15, 0.2) is 62.6 Å². The normalized spacial score (nSPS) is 14.4. The van der Waals surface area contributed by atoms with E-state index in [1.165, 1.54) is 0 Å². The smallest absolute Gasteiger partial charge is 0.250 e. The number of hydrogen-bond acceptors (Lipinski definition) is 8. The van der Waals surface area contributed by atoms with Gasteiger partial charge >= 0.3 is 0 Å². The van der Waals surface area contributed by atoms with Crippen LogP contribution in [0.25, 0.3) is 0 Å². The summed E-state index contributed by atoms with van der Waals surface area (Å²) in [5.74, 6) is 1.38. The number of hydrazone groups is 1. The molecule has 1 saturated heterocycles. The number of anilines is 4. The molecule has 0 amide bonds. The number of ether oxygens (including phenoxy) is 1. The Labute approximate surface area is 197 Å². The molecule has 31 heavy (non-hydrogen) atoms. The van der Waals surface area contributed by atoms with Crippen LogP contribution in [0.2, 0.25) is 0 Å². The zero-order valence-electron chi connectivity index (χ0n) is 16.8. The second-order valence-electron chi connectivity index (χ2n) is 6.83. The van der Waals surface area contributed by atoms with E-state index >= 15 is 0 Å². The van der Waals surface area contributed by atoms with Crippen LogP contribution in [0.5, 0.6) is 0 Å². The largest absolute Gasteiger partial charge is 0.378 e. The van der Waals surface area contributed by atoms with E-state index in [0.717, 1.165) is 39.0 Å². The first kappa shape index (κ1) is 21.7. The SMILES string of the molecule is CC(=NNc1nc(Nc2cccc(Br)c2)nc(N2CCOCC2)n1)c1ccc(Br)cc1. The van der Waals surface area contributed by atoms with Crippen molar-refractivity contribution in [3.05, 3.63) is 63.0 Å². The summed E-state index contributed by atoms with van der Waals surface area (Å²) >= 11 is 6.94. The Bertz CT molecular complexity index is 1070. The maximum atomic E-state index is 5.45. The summed E-state index contributed by atoms with van der Waals surface area (Å²) in [6.45, 7) is 4.66. The molecule has 2 heterocycles. The number of halogens is 2. The summed E-state index contributed by atoms with van der Waals surface area (Å²) in [5.41, 5.74) is 5.68. The van der Waals surface area contributed by atoms with Gasteiger partial charge in [0.05, 0.1) is 18.9 Å². The first-order valence-corrected chi connectivity index (χ1v) is 11.3. The fourth-order valence-corrected chi connectivity index (χ4v) is 3.62. The molecule has 0 saturated carbocycles. The van der Waals surface area contributed by atoms with E-state index in [1.54, 1.807) is 0 Å². The third-order valence-corrected chi connectivity index (χ3v) is 5.61. The molecule has 10 heteroatoms. The molecule has 1 fully saturated rings. The highest BCUT2D eigenvalue weighted by Gasteiger charge is 2.17. The molecule has 0 bridgehead atoms. The van der Waals surface area contributed by atoms with Crippen LogP contribution in [0.4, 0.5) is 23.5 Å². The van der Waals surface area contributed by atoms with Crippen LogP contribution in [0.3, 0.4) is 0 Å². The van der Waals surface area contributed by atoms with Gasteiger partial charge in [-0.1, -0.05) is 50.1 Å². The molecule has 0 aliphatic carbocycles. The second kappa shape index (κ2) is 10.2. The first-order chi connectivity index (χ1) is 15.1. The van der Waals surface area contributed by atoms with Crippen LogP contribution in [-0.2, 0) is 4.74 Å². The van der Waals surface area contributed by atoms with Gasteiger partial charge in [0.2, 0.25) is 17.8 Å². The number of rotatable bonds is 6. The average Bonchev–Trinajstić information content (AvgIpc) is 2.78. The van der Waals surface area contributed by atoms with E-state index in [2.05, 4.69) is 67.6 Å². The van der Waals surface area contributed by atoms with Crippen molar-refractivity contribution in [2.75, 3.05) is 41.9 Å². The Kier molecular flexibility index (Phi) is 7.10. The van der Waals surface area contributed by atoms with E-state index in [4.69, 9.17) is 4.74 Å². The van der Waals surface area contributed by atoms with Crippen molar-refractivity contribution >= 4 is 61.1 Å². The third-order valence-electron chi connectivity index (χ3n) is 4.58. The fourth-order valence-electron chi connectivity index (χ4n) is 2.96. The minimum atomic E-state index is 0.366. The maximum Gasteiger partial charge on any atom is 0.250 e. The molecule has 0 radical (unpaired) electrons. The predicted molar refractivity (Wildman–Crippen MR) is 130 cm³/mol. The summed E-state index contributed by atoms with van der Waals surface area (Å²) in [5, 5.41) is 7.71. The summed E-state index contributed by atoms with van der Waals surface area (Å²) in [6.07, 6.45) is 0. The number of morpholine rings is 1. The van der Waals surface area contributed by atoms with Gasteiger partial charge in [0.25, 0.3) is 0 Å². The molecule has 160 valence electrons. The Morgan fingerprint density at radius 3 is 2.45 bits per heavy atom. The lowest BCUT2D eigenvalue weighted by Gasteiger charge is -2.27. The van der Waals surface area contributed by atoms with Gasteiger partial charge in [0.15, 0.2) is 0 Å². The van der Waals surface area contributed by atoms with Crippen LogP contribution < -0.4 is 15.6 Å². The van der Waals surface area contributed by atoms with E-state index in [1.807, 2.05) is 55.5 Å². The average molecular weight is 547 g/mol. The van der Waals surface area contributed by atoms with Crippen molar-refractivity contribution in [2.45, 2.75) is 6.92 Å². The van der Waals surface area contributed by atoms with Gasteiger partial charge in [-0.3, -0.25) is 0 Å². The van der Waals surface area contributed by atoms with Crippen LogP contribution in [-0.4, -0.2) is 47.0 Å². The third kappa shape index (κ3) is 5.99. The molecule has 1 aliphatic rings. The van der Waals surface area contributed by atoms with Crippen molar-refractivity contribution in [1.82, 2.24) is 15.0 Å². The zero-order valence-corrected chi connectivity index (χ0v) is 20.0. The quantitative estimate of drug-likeness (QED) is 0.339. The van der Waals surface area contributed by atoms with Crippen LogP contribution in [0, 0.1) is 0 Å². The molecule has 0 atom stereocenters. The van der Waals surface area contributed by atoms with Gasteiger partial charge in [-0.25, -0.2) is 5.43 Å². The Morgan fingerprint density at radius 2 is 1.71 bits per heavy atom. The fraction of sp³-hybridized carbons (Fsp3) is 0.238. The minimum absolute atomic E-state index is 0.366.